The normalized spacial score (nSPS) is 20.8. The average Bonchev–Trinajstić information content (AvgIpc) is 2.93. The molecule has 3 rings (SSSR count). The van der Waals surface area contributed by atoms with Crippen LogP contribution in [0.4, 0.5) is 0 Å². The predicted molar refractivity (Wildman–Crippen MR) is 49.4 cm³/mol. The zero-order valence-corrected chi connectivity index (χ0v) is 7.40. The van der Waals surface area contributed by atoms with E-state index in [0.717, 1.165) is 12.1 Å². The Morgan fingerprint density at radius 1 is 1.54 bits per heavy atom. The van der Waals surface area contributed by atoms with Gasteiger partial charge in [0.1, 0.15) is 6.10 Å². The maximum Gasteiger partial charge on any atom is 0.106 e. The summed E-state index contributed by atoms with van der Waals surface area (Å²) in [5.74, 6) is 0. The monoisotopic (exact) mass is 174 g/mol. The van der Waals surface area contributed by atoms with Gasteiger partial charge in [0.15, 0.2) is 0 Å². The maximum absolute atomic E-state index is 5.22. The highest BCUT2D eigenvalue weighted by molar-refractivity contribution is 5.76. The SMILES string of the molecule is Cn1cnc2cc([C@@H]3CO3)ccc21. The molecule has 0 N–H and O–H groups in total. The predicted octanol–water partition coefficient (Wildman–Crippen LogP) is 1.64. The van der Waals surface area contributed by atoms with Crippen LogP contribution in [-0.4, -0.2) is 16.2 Å². The summed E-state index contributed by atoms with van der Waals surface area (Å²) in [6, 6.07) is 6.31. The largest absolute Gasteiger partial charge is 0.368 e. The Labute approximate surface area is 76.0 Å². The first kappa shape index (κ1) is 7.09. The van der Waals surface area contributed by atoms with Crippen LogP contribution < -0.4 is 0 Å². The van der Waals surface area contributed by atoms with Crippen LogP contribution in [0.3, 0.4) is 0 Å². The summed E-state index contributed by atoms with van der Waals surface area (Å²) < 4.78 is 7.24. The molecule has 1 aliphatic heterocycles. The Morgan fingerprint density at radius 3 is 3.15 bits per heavy atom. The van der Waals surface area contributed by atoms with E-state index >= 15 is 0 Å². The van der Waals surface area contributed by atoms with Gasteiger partial charge in [-0.2, -0.15) is 0 Å². The van der Waals surface area contributed by atoms with Crippen LogP contribution in [0.1, 0.15) is 11.7 Å². The van der Waals surface area contributed by atoms with E-state index < -0.39 is 0 Å². The summed E-state index contributed by atoms with van der Waals surface area (Å²) >= 11 is 0. The van der Waals surface area contributed by atoms with Gasteiger partial charge in [0, 0.05) is 7.05 Å². The van der Waals surface area contributed by atoms with Gasteiger partial charge >= 0.3 is 0 Å². The number of benzene rings is 1. The van der Waals surface area contributed by atoms with Crippen LogP contribution in [0.25, 0.3) is 11.0 Å². The minimum absolute atomic E-state index is 0.325. The maximum atomic E-state index is 5.22. The van der Waals surface area contributed by atoms with Gasteiger partial charge < -0.3 is 9.30 Å². The minimum Gasteiger partial charge on any atom is -0.368 e. The summed E-state index contributed by atoms with van der Waals surface area (Å²) in [4.78, 5) is 4.30. The molecule has 66 valence electrons. The number of hydrogen-bond donors (Lipinski definition) is 0. The second-order valence-corrected chi connectivity index (χ2v) is 3.43. The van der Waals surface area contributed by atoms with Crippen LogP contribution in [0.5, 0.6) is 0 Å². The number of ether oxygens (including phenoxy) is 1. The van der Waals surface area contributed by atoms with E-state index in [1.165, 1.54) is 11.1 Å². The molecule has 1 fully saturated rings. The number of aromatic nitrogens is 2. The first-order valence-corrected chi connectivity index (χ1v) is 4.37. The molecule has 1 aromatic carbocycles. The molecule has 0 radical (unpaired) electrons. The Morgan fingerprint density at radius 2 is 2.38 bits per heavy atom. The topological polar surface area (TPSA) is 30.4 Å². The highest BCUT2D eigenvalue weighted by Crippen LogP contribution is 2.31. The van der Waals surface area contributed by atoms with Crippen LogP contribution in [0.15, 0.2) is 24.5 Å². The van der Waals surface area contributed by atoms with E-state index in [0.29, 0.717) is 6.10 Å². The molecule has 2 aromatic rings. The lowest BCUT2D eigenvalue weighted by molar-refractivity contribution is 0.416. The Balaban J connectivity index is 2.21. The molecule has 0 saturated carbocycles. The summed E-state index contributed by atoms with van der Waals surface area (Å²) in [5.41, 5.74) is 3.46. The molecule has 0 amide bonds. The molecule has 1 saturated heterocycles. The lowest BCUT2D eigenvalue weighted by Gasteiger charge is -1.96. The fraction of sp³-hybridized carbons (Fsp3) is 0.300. The van der Waals surface area contributed by atoms with Crippen LogP contribution in [0, 0.1) is 0 Å². The first-order valence-electron chi connectivity index (χ1n) is 4.37. The van der Waals surface area contributed by atoms with E-state index in [1.54, 1.807) is 0 Å². The molecule has 1 aromatic heterocycles. The Kier molecular flexibility index (Phi) is 1.27. The highest BCUT2D eigenvalue weighted by Gasteiger charge is 2.24. The van der Waals surface area contributed by atoms with Crippen molar-refractivity contribution in [3.63, 3.8) is 0 Å². The summed E-state index contributed by atoms with van der Waals surface area (Å²) in [6.45, 7) is 0.859. The van der Waals surface area contributed by atoms with E-state index in [9.17, 15) is 0 Å². The van der Waals surface area contributed by atoms with E-state index in [1.807, 2.05) is 17.9 Å². The van der Waals surface area contributed by atoms with Crippen molar-refractivity contribution in [2.45, 2.75) is 6.10 Å². The van der Waals surface area contributed by atoms with Crippen molar-refractivity contribution in [3.05, 3.63) is 30.1 Å². The molecule has 0 unspecified atom stereocenters. The molecular weight excluding hydrogens is 164 g/mol. The second kappa shape index (κ2) is 2.33. The Hall–Kier alpha value is -1.35. The van der Waals surface area contributed by atoms with Gasteiger partial charge in [0.2, 0.25) is 0 Å². The van der Waals surface area contributed by atoms with Gasteiger partial charge in [0.25, 0.3) is 0 Å². The Bertz CT molecular complexity index is 457. The summed E-state index contributed by atoms with van der Waals surface area (Å²) in [6.07, 6.45) is 2.16. The van der Waals surface area contributed by atoms with Crippen molar-refractivity contribution >= 4 is 11.0 Å². The van der Waals surface area contributed by atoms with Crippen molar-refractivity contribution in [2.75, 3.05) is 6.61 Å². The van der Waals surface area contributed by atoms with Crippen molar-refractivity contribution < 1.29 is 4.74 Å². The number of imidazole rings is 1. The van der Waals surface area contributed by atoms with E-state index in [-0.39, 0.29) is 0 Å². The average molecular weight is 174 g/mol. The number of hydrogen-bond acceptors (Lipinski definition) is 2. The molecule has 0 aliphatic carbocycles. The zero-order chi connectivity index (χ0) is 8.84. The van der Waals surface area contributed by atoms with Gasteiger partial charge in [-0.05, 0) is 17.7 Å². The smallest absolute Gasteiger partial charge is 0.106 e. The molecule has 1 atom stereocenters. The van der Waals surface area contributed by atoms with E-state index in [4.69, 9.17) is 4.74 Å². The highest BCUT2D eigenvalue weighted by atomic mass is 16.6. The summed E-state index contributed by atoms with van der Waals surface area (Å²) in [5, 5.41) is 0. The van der Waals surface area contributed by atoms with Crippen LogP contribution in [0.2, 0.25) is 0 Å². The third-order valence-electron chi connectivity index (χ3n) is 2.45. The molecule has 0 bridgehead atoms. The van der Waals surface area contributed by atoms with Crippen LogP contribution >= 0.6 is 0 Å². The van der Waals surface area contributed by atoms with Gasteiger partial charge in [-0.3, -0.25) is 0 Å². The fourth-order valence-electron chi connectivity index (χ4n) is 1.59. The standard InChI is InChI=1S/C10H10N2O/c1-12-6-11-8-4-7(10-5-13-10)2-3-9(8)12/h2-4,6,10H,5H2,1H3/t10-/m0/s1. The molecule has 13 heavy (non-hydrogen) atoms. The van der Waals surface area contributed by atoms with Crippen molar-refractivity contribution in [1.82, 2.24) is 9.55 Å². The molecule has 3 heteroatoms. The fourth-order valence-corrected chi connectivity index (χ4v) is 1.59. The van der Waals surface area contributed by atoms with Crippen molar-refractivity contribution in [2.24, 2.45) is 7.05 Å². The number of epoxide rings is 1. The van der Waals surface area contributed by atoms with Gasteiger partial charge in [-0.25, -0.2) is 4.98 Å². The third kappa shape index (κ3) is 1.04. The van der Waals surface area contributed by atoms with Crippen molar-refractivity contribution in [3.8, 4) is 0 Å². The first-order chi connectivity index (χ1) is 6.34. The van der Waals surface area contributed by atoms with Crippen LogP contribution in [-0.2, 0) is 11.8 Å². The van der Waals surface area contributed by atoms with Gasteiger partial charge in [-0.1, -0.05) is 6.07 Å². The second-order valence-electron chi connectivity index (χ2n) is 3.43. The molecular formula is C10H10N2O. The summed E-state index contributed by atoms with van der Waals surface area (Å²) in [7, 11) is 2.00. The van der Waals surface area contributed by atoms with E-state index in [2.05, 4.69) is 23.2 Å². The third-order valence-corrected chi connectivity index (χ3v) is 2.45. The number of rotatable bonds is 1. The molecule has 3 nitrogen and oxygen atoms in total. The molecule has 0 spiro atoms. The molecule has 2 heterocycles. The minimum atomic E-state index is 0.325. The quantitative estimate of drug-likeness (QED) is 0.615. The lowest BCUT2D eigenvalue weighted by atomic mass is 10.1. The van der Waals surface area contributed by atoms with Crippen molar-refractivity contribution in [1.29, 1.82) is 0 Å². The van der Waals surface area contributed by atoms with Gasteiger partial charge in [0.05, 0.1) is 24.0 Å². The number of nitrogens with zero attached hydrogens (tertiary/aromatic N) is 2. The zero-order valence-electron chi connectivity index (χ0n) is 7.40. The lowest BCUT2D eigenvalue weighted by Crippen LogP contribution is -1.84. The number of fused-ring (bicyclic) bond motifs is 1. The molecule has 1 aliphatic rings. The number of aryl methyl sites for hydroxylation is 1. The van der Waals surface area contributed by atoms with Gasteiger partial charge in [-0.15, -0.1) is 0 Å².